The molecule has 1 aromatic rings. The van der Waals surface area contributed by atoms with Crippen LogP contribution in [0, 0.1) is 24.2 Å². The highest BCUT2D eigenvalue weighted by Crippen LogP contribution is 2.41. The van der Waals surface area contributed by atoms with E-state index in [0.717, 1.165) is 15.7 Å². The molecular formula is C14H15BrN2O. The van der Waals surface area contributed by atoms with E-state index in [2.05, 4.69) is 22.0 Å². The molecule has 0 radical (unpaired) electrons. The summed E-state index contributed by atoms with van der Waals surface area (Å²) >= 11 is 3.50. The molecular weight excluding hydrogens is 292 g/mol. The first-order valence-electron chi connectivity index (χ1n) is 5.86. The Morgan fingerprint density at radius 1 is 1.50 bits per heavy atom. The molecule has 4 heteroatoms. The number of carbonyl (C=O) groups excluding carboxylic acids is 1. The average Bonchev–Trinajstić information content (AvgIpc) is 2.50. The molecule has 1 unspecified atom stereocenters. The van der Waals surface area contributed by atoms with E-state index in [1.165, 1.54) is 0 Å². The SMILES string of the molecule is Cc1ccc(N2C(=O)CC(C#N)C2(C)C)c(Br)c1. The summed E-state index contributed by atoms with van der Waals surface area (Å²) < 4.78 is 0.891. The van der Waals surface area contributed by atoms with Gasteiger partial charge in [-0.1, -0.05) is 6.07 Å². The van der Waals surface area contributed by atoms with Crippen molar-refractivity contribution in [1.82, 2.24) is 0 Å². The zero-order valence-electron chi connectivity index (χ0n) is 10.7. The zero-order chi connectivity index (χ0) is 13.5. The van der Waals surface area contributed by atoms with Gasteiger partial charge in [0.25, 0.3) is 0 Å². The van der Waals surface area contributed by atoms with E-state index in [1.54, 1.807) is 4.90 Å². The van der Waals surface area contributed by atoms with Crippen LogP contribution in [0.15, 0.2) is 22.7 Å². The Morgan fingerprint density at radius 3 is 2.67 bits per heavy atom. The van der Waals surface area contributed by atoms with E-state index in [-0.39, 0.29) is 11.8 Å². The number of anilines is 1. The van der Waals surface area contributed by atoms with Crippen molar-refractivity contribution in [3.05, 3.63) is 28.2 Å². The molecule has 1 atom stereocenters. The van der Waals surface area contributed by atoms with Gasteiger partial charge in [-0.2, -0.15) is 5.26 Å². The van der Waals surface area contributed by atoms with Gasteiger partial charge in [-0.3, -0.25) is 4.79 Å². The molecule has 1 saturated heterocycles. The molecule has 0 N–H and O–H groups in total. The third-order valence-corrected chi connectivity index (χ3v) is 4.19. The third kappa shape index (κ3) is 1.93. The molecule has 18 heavy (non-hydrogen) atoms. The maximum absolute atomic E-state index is 12.2. The molecule has 3 nitrogen and oxygen atoms in total. The predicted molar refractivity (Wildman–Crippen MR) is 74.2 cm³/mol. The molecule has 1 aliphatic rings. The lowest BCUT2D eigenvalue weighted by Gasteiger charge is -2.34. The first-order chi connectivity index (χ1) is 8.37. The molecule has 0 saturated carbocycles. The number of carbonyl (C=O) groups is 1. The summed E-state index contributed by atoms with van der Waals surface area (Å²) in [4.78, 5) is 13.9. The Labute approximate surface area is 116 Å². The van der Waals surface area contributed by atoms with Crippen molar-refractivity contribution < 1.29 is 4.79 Å². The molecule has 1 aromatic carbocycles. The second-order valence-corrected chi connectivity index (χ2v) is 6.08. The summed E-state index contributed by atoms with van der Waals surface area (Å²) in [5.74, 6) is -0.255. The molecule has 0 aromatic heterocycles. The van der Waals surface area contributed by atoms with E-state index >= 15 is 0 Å². The van der Waals surface area contributed by atoms with E-state index < -0.39 is 5.54 Å². The number of benzene rings is 1. The highest BCUT2D eigenvalue weighted by molar-refractivity contribution is 9.10. The van der Waals surface area contributed by atoms with Crippen molar-refractivity contribution in [3.8, 4) is 6.07 Å². The summed E-state index contributed by atoms with van der Waals surface area (Å²) in [6.45, 7) is 5.89. The number of amides is 1. The molecule has 94 valence electrons. The lowest BCUT2D eigenvalue weighted by atomic mass is 9.89. The number of halogens is 1. The molecule has 1 fully saturated rings. The Balaban J connectivity index is 2.50. The maximum atomic E-state index is 12.2. The third-order valence-electron chi connectivity index (χ3n) is 3.56. The van der Waals surface area contributed by atoms with Gasteiger partial charge in [0.15, 0.2) is 0 Å². The van der Waals surface area contributed by atoms with E-state index in [9.17, 15) is 4.79 Å². The standard InChI is InChI=1S/C14H15BrN2O/c1-9-4-5-12(11(15)6-9)17-13(18)7-10(8-16)14(17,2)3/h4-6,10H,7H2,1-3H3. The summed E-state index contributed by atoms with van der Waals surface area (Å²) in [6.07, 6.45) is 0.295. The van der Waals surface area contributed by atoms with Crippen LogP contribution in [0.5, 0.6) is 0 Å². The van der Waals surface area contributed by atoms with Gasteiger partial charge >= 0.3 is 0 Å². The van der Waals surface area contributed by atoms with Gasteiger partial charge in [0.2, 0.25) is 5.91 Å². The van der Waals surface area contributed by atoms with Crippen LogP contribution in [0.3, 0.4) is 0 Å². The summed E-state index contributed by atoms with van der Waals surface area (Å²) in [5, 5.41) is 9.16. The van der Waals surface area contributed by atoms with Crippen LogP contribution in [0.25, 0.3) is 0 Å². The summed E-state index contributed by atoms with van der Waals surface area (Å²) in [7, 11) is 0. The van der Waals surface area contributed by atoms with Crippen molar-refractivity contribution in [2.45, 2.75) is 32.7 Å². The maximum Gasteiger partial charge on any atom is 0.228 e. The lowest BCUT2D eigenvalue weighted by molar-refractivity contribution is -0.117. The van der Waals surface area contributed by atoms with Gasteiger partial charge in [-0.15, -0.1) is 0 Å². The molecule has 0 aliphatic carbocycles. The fourth-order valence-electron chi connectivity index (χ4n) is 2.43. The smallest absolute Gasteiger partial charge is 0.228 e. The van der Waals surface area contributed by atoms with Gasteiger partial charge in [0, 0.05) is 10.9 Å². The fourth-order valence-corrected chi connectivity index (χ4v) is 3.11. The number of aryl methyl sites for hydroxylation is 1. The number of rotatable bonds is 1. The van der Waals surface area contributed by atoms with E-state index in [0.29, 0.717) is 6.42 Å². The van der Waals surface area contributed by atoms with Crippen molar-refractivity contribution in [2.24, 2.45) is 5.92 Å². The Kier molecular flexibility index (Phi) is 3.20. The Morgan fingerprint density at radius 2 is 2.17 bits per heavy atom. The fraction of sp³-hybridized carbons (Fsp3) is 0.429. The molecule has 0 bridgehead atoms. The van der Waals surface area contributed by atoms with Crippen LogP contribution < -0.4 is 4.90 Å². The van der Waals surface area contributed by atoms with Crippen LogP contribution in [0.1, 0.15) is 25.8 Å². The normalized spacial score (nSPS) is 22.1. The minimum absolute atomic E-state index is 0.0103. The van der Waals surface area contributed by atoms with Crippen molar-refractivity contribution in [1.29, 1.82) is 5.26 Å². The first kappa shape index (κ1) is 13.1. The number of hydrogen-bond acceptors (Lipinski definition) is 2. The van der Waals surface area contributed by atoms with E-state index in [1.807, 2.05) is 39.0 Å². The number of nitriles is 1. The highest BCUT2D eigenvalue weighted by Gasteiger charge is 2.47. The lowest BCUT2D eigenvalue weighted by Crippen LogP contribution is -2.44. The van der Waals surface area contributed by atoms with Gasteiger partial charge in [-0.25, -0.2) is 0 Å². The average molecular weight is 307 g/mol. The summed E-state index contributed by atoms with van der Waals surface area (Å²) in [5.41, 5.74) is 1.50. The predicted octanol–water partition coefficient (Wildman–Crippen LogP) is 3.41. The van der Waals surface area contributed by atoms with Crippen molar-refractivity contribution in [3.63, 3.8) is 0 Å². The van der Waals surface area contributed by atoms with Crippen LogP contribution in [-0.4, -0.2) is 11.4 Å². The highest BCUT2D eigenvalue weighted by atomic mass is 79.9. The van der Waals surface area contributed by atoms with Gasteiger partial charge in [-0.05, 0) is 54.4 Å². The molecule has 0 spiro atoms. The minimum atomic E-state index is -0.469. The van der Waals surface area contributed by atoms with Crippen molar-refractivity contribution >= 4 is 27.5 Å². The second kappa shape index (κ2) is 4.40. The van der Waals surface area contributed by atoms with Crippen LogP contribution >= 0.6 is 15.9 Å². The first-order valence-corrected chi connectivity index (χ1v) is 6.66. The van der Waals surface area contributed by atoms with Gasteiger partial charge in [0.05, 0.1) is 23.2 Å². The largest absolute Gasteiger partial charge is 0.304 e. The zero-order valence-corrected chi connectivity index (χ0v) is 12.3. The molecule has 1 heterocycles. The van der Waals surface area contributed by atoms with E-state index in [4.69, 9.17) is 5.26 Å². The quantitative estimate of drug-likeness (QED) is 0.798. The molecule has 1 aliphatic heterocycles. The molecule has 2 rings (SSSR count). The second-order valence-electron chi connectivity index (χ2n) is 5.22. The Bertz CT molecular complexity index is 545. The van der Waals surface area contributed by atoms with Crippen molar-refractivity contribution in [2.75, 3.05) is 4.90 Å². The Hall–Kier alpha value is -1.34. The summed E-state index contributed by atoms with van der Waals surface area (Å²) in [6, 6.07) is 8.13. The molecule has 1 amide bonds. The van der Waals surface area contributed by atoms with Gasteiger partial charge < -0.3 is 4.90 Å². The van der Waals surface area contributed by atoms with Crippen LogP contribution in [0.2, 0.25) is 0 Å². The van der Waals surface area contributed by atoms with Gasteiger partial charge in [0.1, 0.15) is 0 Å². The van der Waals surface area contributed by atoms with Crippen LogP contribution in [-0.2, 0) is 4.79 Å². The number of nitrogens with zero attached hydrogens (tertiary/aromatic N) is 2. The van der Waals surface area contributed by atoms with Crippen LogP contribution in [0.4, 0.5) is 5.69 Å². The topological polar surface area (TPSA) is 44.1 Å². The number of hydrogen-bond donors (Lipinski definition) is 0. The minimum Gasteiger partial charge on any atom is -0.304 e. The monoisotopic (exact) mass is 306 g/mol.